The number of hydrogen-bond acceptors (Lipinski definition) is 4. The van der Waals surface area contributed by atoms with Crippen LogP contribution in [0.2, 0.25) is 0 Å². The average Bonchev–Trinajstić information content (AvgIpc) is 3.32. The van der Waals surface area contributed by atoms with Gasteiger partial charge >= 0.3 is 0 Å². The molecule has 4 N–H and O–H groups in total. The smallest absolute Gasteiger partial charge is 0.127 e. The molecule has 2 heterocycles. The molecular formula is C35H50Cl3N3O. The number of nitrogens with one attached hydrogen (secondary N) is 2. The normalized spacial score (nSPS) is 18.7. The molecule has 2 unspecified atom stereocenters. The molecule has 42 heavy (non-hydrogen) atoms. The zero-order valence-corrected chi connectivity index (χ0v) is 28.0. The number of benzene rings is 3. The maximum atomic E-state index is 6.82. The lowest BCUT2D eigenvalue weighted by Crippen LogP contribution is -2.43. The molecule has 0 saturated carbocycles. The van der Waals surface area contributed by atoms with Crippen molar-refractivity contribution in [2.24, 2.45) is 5.92 Å². The number of hydrogen-bond donors (Lipinski definition) is 3. The first-order valence-electron chi connectivity index (χ1n) is 15.0. The number of ether oxygens (including phenoxy) is 1. The van der Waals surface area contributed by atoms with E-state index in [0.717, 1.165) is 61.8 Å². The summed E-state index contributed by atoms with van der Waals surface area (Å²) in [6.07, 6.45) is 6.74. The number of rotatable bonds is 10. The summed E-state index contributed by atoms with van der Waals surface area (Å²) in [5.41, 5.74) is 14.8. The molecule has 4 nitrogen and oxygen atoms in total. The highest BCUT2D eigenvalue weighted by atomic mass is 35.5. The Morgan fingerprint density at radius 3 is 2.02 bits per heavy atom. The maximum Gasteiger partial charge on any atom is 0.127 e. The minimum Gasteiger partial charge on any atom is -0.487 e. The Hall–Kier alpha value is -1.95. The standard InChI is InChI=1S/C35H47N3O.3ClH/c1-24-25(2)34-32(26(3)33(24)36)23-35(4,39-34)22-30(21-27-15-18-37-19-16-27)38-20-17-31(28-11-7-5-8-12-28)29-13-9-6-10-14-29;;;/h5-14,27,30-31,37-38H,15-23,36H2,1-4H3;3*1H. The summed E-state index contributed by atoms with van der Waals surface area (Å²) in [4.78, 5) is 0. The van der Waals surface area contributed by atoms with E-state index in [1.807, 2.05) is 0 Å². The van der Waals surface area contributed by atoms with Crippen molar-refractivity contribution in [2.45, 2.75) is 83.8 Å². The van der Waals surface area contributed by atoms with Crippen LogP contribution in [0, 0.1) is 26.7 Å². The summed E-state index contributed by atoms with van der Waals surface area (Å²) in [7, 11) is 0. The van der Waals surface area contributed by atoms with E-state index < -0.39 is 0 Å². The highest BCUT2D eigenvalue weighted by Crippen LogP contribution is 2.45. The van der Waals surface area contributed by atoms with Crippen molar-refractivity contribution in [3.63, 3.8) is 0 Å². The molecule has 3 aromatic carbocycles. The molecule has 0 radical (unpaired) electrons. The van der Waals surface area contributed by atoms with Crippen LogP contribution in [0.3, 0.4) is 0 Å². The van der Waals surface area contributed by atoms with Gasteiger partial charge in [-0.1, -0.05) is 60.7 Å². The second-order valence-corrected chi connectivity index (χ2v) is 12.3. The molecule has 0 aromatic heterocycles. The molecule has 0 bridgehead atoms. The third-order valence-electron chi connectivity index (χ3n) is 9.36. The van der Waals surface area contributed by atoms with Crippen LogP contribution in [0.4, 0.5) is 5.69 Å². The van der Waals surface area contributed by atoms with E-state index in [0.29, 0.717) is 12.0 Å². The molecular weight excluding hydrogens is 585 g/mol. The van der Waals surface area contributed by atoms with E-state index >= 15 is 0 Å². The first-order valence-corrected chi connectivity index (χ1v) is 15.0. The summed E-state index contributed by atoms with van der Waals surface area (Å²) in [5.74, 6) is 2.23. The van der Waals surface area contributed by atoms with Gasteiger partial charge in [0.25, 0.3) is 0 Å². The molecule has 1 saturated heterocycles. The lowest BCUT2D eigenvalue weighted by molar-refractivity contribution is 0.0852. The lowest BCUT2D eigenvalue weighted by Gasteiger charge is -2.33. The monoisotopic (exact) mass is 633 g/mol. The Morgan fingerprint density at radius 1 is 0.881 bits per heavy atom. The predicted octanol–water partition coefficient (Wildman–Crippen LogP) is 8.11. The number of halogens is 3. The van der Waals surface area contributed by atoms with Gasteiger partial charge in [0, 0.05) is 36.1 Å². The van der Waals surface area contributed by atoms with Crippen LogP contribution in [-0.4, -0.2) is 31.3 Å². The topological polar surface area (TPSA) is 59.3 Å². The first-order chi connectivity index (χ1) is 18.8. The van der Waals surface area contributed by atoms with Crippen LogP contribution >= 0.6 is 37.2 Å². The van der Waals surface area contributed by atoms with Crippen LogP contribution in [0.25, 0.3) is 0 Å². The van der Waals surface area contributed by atoms with Crippen molar-refractivity contribution in [2.75, 3.05) is 25.4 Å². The average molecular weight is 635 g/mol. The molecule has 2 aliphatic rings. The van der Waals surface area contributed by atoms with Gasteiger partial charge in [-0.2, -0.15) is 0 Å². The van der Waals surface area contributed by atoms with Crippen LogP contribution in [-0.2, 0) is 6.42 Å². The molecule has 0 spiro atoms. The quantitative estimate of drug-likeness (QED) is 0.197. The number of nitrogen functional groups attached to an aromatic ring is 1. The molecule has 0 aliphatic carbocycles. The minimum absolute atomic E-state index is 0. The molecule has 5 rings (SSSR count). The summed E-state index contributed by atoms with van der Waals surface area (Å²) >= 11 is 0. The molecule has 232 valence electrons. The number of fused-ring (bicyclic) bond motifs is 1. The summed E-state index contributed by atoms with van der Waals surface area (Å²) in [6, 6.07) is 22.4. The summed E-state index contributed by atoms with van der Waals surface area (Å²) < 4.78 is 6.82. The largest absolute Gasteiger partial charge is 0.487 e. The second-order valence-electron chi connectivity index (χ2n) is 12.3. The van der Waals surface area contributed by atoms with Gasteiger partial charge in [-0.25, -0.2) is 0 Å². The molecule has 3 aromatic rings. The molecule has 2 aliphatic heterocycles. The van der Waals surface area contributed by atoms with E-state index in [1.165, 1.54) is 47.1 Å². The molecule has 2 atom stereocenters. The van der Waals surface area contributed by atoms with Crippen molar-refractivity contribution < 1.29 is 4.74 Å². The van der Waals surface area contributed by atoms with Gasteiger partial charge in [0.05, 0.1) is 0 Å². The minimum atomic E-state index is -0.221. The van der Waals surface area contributed by atoms with E-state index in [1.54, 1.807) is 0 Å². The summed E-state index contributed by atoms with van der Waals surface area (Å²) in [5, 5.41) is 7.58. The Labute approximate surface area is 272 Å². The lowest BCUT2D eigenvalue weighted by atomic mass is 9.83. The van der Waals surface area contributed by atoms with E-state index in [2.05, 4.69) is 99.0 Å². The van der Waals surface area contributed by atoms with E-state index in [9.17, 15) is 0 Å². The highest BCUT2D eigenvalue weighted by molar-refractivity contribution is 5.86. The van der Waals surface area contributed by atoms with Crippen molar-refractivity contribution in [3.05, 3.63) is 94.0 Å². The van der Waals surface area contributed by atoms with Gasteiger partial charge < -0.3 is 21.1 Å². The van der Waals surface area contributed by atoms with Gasteiger partial charge in [-0.15, -0.1) is 37.2 Å². The number of nitrogens with two attached hydrogens (primary N) is 1. The zero-order chi connectivity index (χ0) is 27.4. The maximum absolute atomic E-state index is 6.82. The number of piperidine rings is 1. The fourth-order valence-corrected chi connectivity index (χ4v) is 6.94. The van der Waals surface area contributed by atoms with Gasteiger partial charge in [0.15, 0.2) is 0 Å². The van der Waals surface area contributed by atoms with Crippen LogP contribution in [0.5, 0.6) is 5.75 Å². The van der Waals surface area contributed by atoms with Crippen LogP contribution < -0.4 is 21.1 Å². The van der Waals surface area contributed by atoms with Crippen molar-refractivity contribution in [1.82, 2.24) is 10.6 Å². The Balaban J connectivity index is 0.00000205. The Kier molecular flexibility index (Phi) is 14.0. The van der Waals surface area contributed by atoms with Crippen molar-refractivity contribution in [1.29, 1.82) is 0 Å². The van der Waals surface area contributed by atoms with Crippen LogP contribution in [0.1, 0.15) is 78.3 Å². The van der Waals surface area contributed by atoms with E-state index in [-0.39, 0.29) is 42.8 Å². The van der Waals surface area contributed by atoms with Gasteiger partial charge in [-0.05, 0) is 107 Å². The molecule has 1 fully saturated rings. The predicted molar refractivity (Wildman–Crippen MR) is 186 cm³/mol. The van der Waals surface area contributed by atoms with Gasteiger partial charge in [0.2, 0.25) is 0 Å². The fourth-order valence-electron chi connectivity index (χ4n) is 6.94. The van der Waals surface area contributed by atoms with Crippen LogP contribution in [0.15, 0.2) is 60.7 Å². The van der Waals surface area contributed by atoms with Gasteiger partial charge in [0.1, 0.15) is 11.4 Å². The molecule has 0 amide bonds. The third-order valence-corrected chi connectivity index (χ3v) is 9.36. The second kappa shape index (κ2) is 16.2. The SMILES string of the molecule is Cc1c(C)c2c(c(C)c1N)CC(C)(CC(CC1CCNCC1)NCCC(c1ccccc1)c1ccccc1)O2.Cl.Cl.Cl. The van der Waals surface area contributed by atoms with E-state index in [4.69, 9.17) is 10.5 Å². The highest BCUT2D eigenvalue weighted by Gasteiger charge is 2.40. The van der Waals surface area contributed by atoms with Crippen molar-refractivity contribution >= 4 is 42.9 Å². The third kappa shape index (κ3) is 8.36. The number of anilines is 1. The Bertz CT molecular complexity index is 1170. The Morgan fingerprint density at radius 2 is 1.45 bits per heavy atom. The first kappa shape index (κ1) is 36.2. The fraction of sp³-hybridized carbons (Fsp3) is 0.486. The molecule has 7 heteroatoms. The summed E-state index contributed by atoms with van der Waals surface area (Å²) in [6.45, 7) is 12.0. The zero-order valence-electron chi connectivity index (χ0n) is 25.6. The van der Waals surface area contributed by atoms with Gasteiger partial charge in [-0.3, -0.25) is 0 Å². The van der Waals surface area contributed by atoms with Crippen molar-refractivity contribution in [3.8, 4) is 5.75 Å².